The lowest BCUT2D eigenvalue weighted by Crippen LogP contribution is -2.24. The van der Waals surface area contributed by atoms with Crippen LogP contribution in [0.15, 0.2) is 29.2 Å². The van der Waals surface area contributed by atoms with Gasteiger partial charge in [0.2, 0.25) is 0 Å². The highest BCUT2D eigenvalue weighted by molar-refractivity contribution is 7.99. The maximum atomic E-state index is 13.4. The predicted molar refractivity (Wildman–Crippen MR) is 73.9 cm³/mol. The van der Waals surface area contributed by atoms with Crippen LogP contribution in [0.4, 0.5) is 4.39 Å². The minimum absolute atomic E-state index is 0.169. The van der Waals surface area contributed by atoms with Gasteiger partial charge in [0.15, 0.2) is 0 Å². The highest BCUT2D eigenvalue weighted by Crippen LogP contribution is 2.23. The largest absolute Gasteiger partial charge is 0.481 e. The second kappa shape index (κ2) is 6.91. The molecule has 1 fully saturated rings. The van der Waals surface area contributed by atoms with Gasteiger partial charge in [-0.3, -0.25) is 4.79 Å². The first-order chi connectivity index (χ1) is 9.15. The maximum absolute atomic E-state index is 13.4. The number of benzene rings is 1. The Morgan fingerprint density at radius 3 is 3.00 bits per heavy atom. The normalized spacial score (nSPS) is 19.7. The van der Waals surface area contributed by atoms with Gasteiger partial charge in [-0.15, -0.1) is 11.8 Å². The minimum atomic E-state index is -0.715. The monoisotopic (exact) mass is 283 g/mol. The third-order valence-electron chi connectivity index (χ3n) is 3.34. The molecular formula is C14H18FNO2S. The van der Waals surface area contributed by atoms with Crippen molar-refractivity contribution >= 4 is 17.7 Å². The number of carboxylic acids is 1. The Hall–Kier alpha value is -1.07. The molecule has 0 amide bonds. The van der Waals surface area contributed by atoms with Gasteiger partial charge < -0.3 is 10.0 Å². The summed E-state index contributed by atoms with van der Waals surface area (Å²) in [5.41, 5.74) is 0. The van der Waals surface area contributed by atoms with Crippen LogP contribution in [0.5, 0.6) is 0 Å². The lowest BCUT2D eigenvalue weighted by Gasteiger charge is -2.15. The van der Waals surface area contributed by atoms with E-state index in [-0.39, 0.29) is 18.2 Å². The Bertz CT molecular complexity index is 441. The second-order valence-corrected chi connectivity index (χ2v) is 5.97. The van der Waals surface area contributed by atoms with E-state index < -0.39 is 5.97 Å². The van der Waals surface area contributed by atoms with Gasteiger partial charge in [-0.05, 0) is 31.0 Å². The van der Waals surface area contributed by atoms with Crippen LogP contribution in [0.2, 0.25) is 0 Å². The number of thioether (sulfide) groups is 1. The third-order valence-corrected chi connectivity index (χ3v) is 4.36. The molecule has 1 saturated heterocycles. The van der Waals surface area contributed by atoms with Crippen LogP contribution in [0.25, 0.3) is 0 Å². The lowest BCUT2D eigenvalue weighted by molar-refractivity contribution is -0.138. The first-order valence-electron chi connectivity index (χ1n) is 6.46. The molecule has 0 radical (unpaired) electrons. The summed E-state index contributed by atoms with van der Waals surface area (Å²) in [6.07, 6.45) is 1.22. The van der Waals surface area contributed by atoms with E-state index in [2.05, 4.69) is 4.90 Å². The second-order valence-electron chi connectivity index (χ2n) is 4.83. The van der Waals surface area contributed by atoms with E-state index in [1.54, 1.807) is 12.1 Å². The van der Waals surface area contributed by atoms with Gasteiger partial charge in [0.25, 0.3) is 0 Å². The zero-order valence-electron chi connectivity index (χ0n) is 10.7. The Morgan fingerprint density at radius 2 is 2.26 bits per heavy atom. The van der Waals surface area contributed by atoms with Crippen LogP contribution >= 0.6 is 11.8 Å². The van der Waals surface area contributed by atoms with Gasteiger partial charge in [0.1, 0.15) is 5.82 Å². The van der Waals surface area contributed by atoms with Crippen molar-refractivity contribution in [3.8, 4) is 0 Å². The van der Waals surface area contributed by atoms with Crippen LogP contribution in [-0.2, 0) is 4.79 Å². The maximum Gasteiger partial charge on any atom is 0.303 e. The SMILES string of the molecule is O=C(O)CC1CCN(CCSc2ccccc2F)C1. The molecule has 3 nitrogen and oxygen atoms in total. The van der Waals surface area contributed by atoms with Crippen molar-refractivity contribution in [1.82, 2.24) is 4.90 Å². The molecule has 1 heterocycles. The van der Waals surface area contributed by atoms with Crippen LogP contribution < -0.4 is 0 Å². The van der Waals surface area contributed by atoms with E-state index >= 15 is 0 Å². The quantitative estimate of drug-likeness (QED) is 0.815. The van der Waals surface area contributed by atoms with Gasteiger partial charge in [-0.2, -0.15) is 0 Å². The van der Waals surface area contributed by atoms with E-state index in [1.807, 2.05) is 6.07 Å². The molecule has 19 heavy (non-hydrogen) atoms. The summed E-state index contributed by atoms with van der Waals surface area (Å²) in [5.74, 6) is 0.224. The number of aliphatic carboxylic acids is 1. The number of hydrogen-bond acceptors (Lipinski definition) is 3. The average molecular weight is 283 g/mol. The highest BCUT2D eigenvalue weighted by Gasteiger charge is 2.23. The van der Waals surface area contributed by atoms with Crippen LogP contribution in [0, 0.1) is 11.7 Å². The molecule has 1 unspecified atom stereocenters. The first-order valence-corrected chi connectivity index (χ1v) is 7.45. The molecule has 5 heteroatoms. The van der Waals surface area contributed by atoms with Crippen molar-refractivity contribution in [2.45, 2.75) is 17.7 Å². The predicted octanol–water partition coefficient (Wildman–Crippen LogP) is 2.71. The molecule has 0 spiro atoms. The Kier molecular flexibility index (Phi) is 5.22. The fourth-order valence-electron chi connectivity index (χ4n) is 2.38. The smallest absolute Gasteiger partial charge is 0.303 e. The van der Waals surface area contributed by atoms with E-state index in [1.165, 1.54) is 17.8 Å². The van der Waals surface area contributed by atoms with Crippen LogP contribution in [0.1, 0.15) is 12.8 Å². The molecule has 0 saturated carbocycles. The summed E-state index contributed by atoms with van der Waals surface area (Å²) in [7, 11) is 0. The van der Waals surface area contributed by atoms with Crippen molar-refractivity contribution in [2.75, 3.05) is 25.4 Å². The fourth-order valence-corrected chi connectivity index (χ4v) is 3.33. The van der Waals surface area contributed by atoms with Gasteiger partial charge in [-0.25, -0.2) is 4.39 Å². The number of halogens is 1. The van der Waals surface area contributed by atoms with Crippen molar-refractivity contribution in [3.05, 3.63) is 30.1 Å². The molecule has 0 aliphatic carbocycles. The number of rotatable bonds is 6. The Morgan fingerprint density at radius 1 is 1.47 bits per heavy atom. The minimum Gasteiger partial charge on any atom is -0.481 e. The van der Waals surface area contributed by atoms with E-state index in [0.717, 1.165) is 31.8 Å². The first kappa shape index (κ1) is 14.3. The molecule has 1 aromatic rings. The number of hydrogen-bond donors (Lipinski definition) is 1. The van der Waals surface area contributed by atoms with E-state index in [4.69, 9.17) is 5.11 Å². The third kappa shape index (κ3) is 4.51. The Balaban J connectivity index is 1.70. The molecule has 2 rings (SSSR count). The van der Waals surface area contributed by atoms with Crippen LogP contribution in [-0.4, -0.2) is 41.4 Å². The van der Waals surface area contributed by atoms with Gasteiger partial charge in [0, 0.05) is 30.2 Å². The molecule has 1 aliphatic rings. The van der Waals surface area contributed by atoms with Crippen LogP contribution in [0.3, 0.4) is 0 Å². The van der Waals surface area contributed by atoms with Crippen molar-refractivity contribution < 1.29 is 14.3 Å². The fraction of sp³-hybridized carbons (Fsp3) is 0.500. The summed E-state index contributed by atoms with van der Waals surface area (Å²) >= 11 is 1.52. The molecule has 1 aliphatic heterocycles. The number of carboxylic acid groups (broad SMARTS) is 1. The summed E-state index contributed by atoms with van der Waals surface area (Å²) in [6, 6.07) is 6.79. The summed E-state index contributed by atoms with van der Waals surface area (Å²) in [4.78, 5) is 13.6. The zero-order chi connectivity index (χ0) is 13.7. The molecule has 1 atom stereocenters. The van der Waals surface area contributed by atoms with E-state index in [9.17, 15) is 9.18 Å². The number of nitrogens with zero attached hydrogens (tertiary/aromatic N) is 1. The van der Waals surface area contributed by atoms with Crippen molar-refractivity contribution in [2.24, 2.45) is 5.92 Å². The molecule has 0 aromatic heterocycles. The lowest BCUT2D eigenvalue weighted by atomic mass is 10.1. The molecular weight excluding hydrogens is 265 g/mol. The van der Waals surface area contributed by atoms with Gasteiger partial charge >= 0.3 is 5.97 Å². The average Bonchev–Trinajstić information content (AvgIpc) is 2.78. The molecule has 1 aromatic carbocycles. The molecule has 1 N–H and O–H groups in total. The molecule has 104 valence electrons. The highest BCUT2D eigenvalue weighted by atomic mass is 32.2. The summed E-state index contributed by atoms with van der Waals surface area (Å²) in [6.45, 7) is 2.69. The van der Waals surface area contributed by atoms with Crippen molar-refractivity contribution in [3.63, 3.8) is 0 Å². The summed E-state index contributed by atoms with van der Waals surface area (Å²) < 4.78 is 13.4. The van der Waals surface area contributed by atoms with Gasteiger partial charge in [0.05, 0.1) is 0 Å². The standard InChI is InChI=1S/C14H18FNO2S/c15-12-3-1-2-4-13(12)19-8-7-16-6-5-11(10-16)9-14(17)18/h1-4,11H,5-10H2,(H,17,18). The number of carbonyl (C=O) groups is 1. The zero-order valence-corrected chi connectivity index (χ0v) is 11.5. The van der Waals surface area contributed by atoms with Gasteiger partial charge in [-0.1, -0.05) is 12.1 Å². The Labute approximate surface area is 116 Å². The van der Waals surface area contributed by atoms with Crippen molar-refractivity contribution in [1.29, 1.82) is 0 Å². The number of likely N-dealkylation sites (tertiary alicyclic amines) is 1. The van der Waals surface area contributed by atoms with E-state index in [0.29, 0.717) is 4.90 Å². The topological polar surface area (TPSA) is 40.5 Å². The molecule has 0 bridgehead atoms. The summed E-state index contributed by atoms with van der Waals surface area (Å²) in [5, 5.41) is 8.75.